The summed E-state index contributed by atoms with van der Waals surface area (Å²) >= 11 is 13.9. The fourth-order valence-corrected chi connectivity index (χ4v) is 3.34. The van der Waals surface area contributed by atoms with Gasteiger partial charge in [-0.15, -0.1) is 0 Å². The number of benzene rings is 1. The van der Waals surface area contributed by atoms with Crippen molar-refractivity contribution >= 4 is 74.8 Å². The van der Waals surface area contributed by atoms with E-state index in [-0.39, 0.29) is 0 Å². The molecule has 6 heteroatoms. The highest BCUT2D eigenvalue weighted by atomic mass is 79.9. The predicted octanol–water partition coefficient (Wildman–Crippen LogP) is 4.68. The van der Waals surface area contributed by atoms with E-state index in [0.717, 1.165) is 28.9 Å². The number of nitrogens with zero attached hydrogens (tertiary/aromatic N) is 2. The lowest BCUT2D eigenvalue weighted by atomic mass is 10.3. The lowest BCUT2D eigenvalue weighted by Gasteiger charge is -2.06. The van der Waals surface area contributed by atoms with Gasteiger partial charge in [0.1, 0.15) is 11.0 Å². The zero-order valence-corrected chi connectivity index (χ0v) is 12.9. The lowest BCUT2D eigenvalue weighted by Crippen LogP contribution is -1.88. The first-order chi connectivity index (χ1) is 6.63. The molecule has 1 heterocycles. The maximum absolute atomic E-state index is 4.25. The fraction of sp³-hybridized carbons (Fsp3) is 0. The Balaban J connectivity index is 3.02. The van der Waals surface area contributed by atoms with E-state index in [1.807, 2.05) is 0 Å². The Morgan fingerprint density at radius 2 is 1.00 bits per heavy atom. The second-order valence-corrected chi connectivity index (χ2v) is 5.68. The largest absolute Gasteiger partial charge is 0.252 e. The van der Waals surface area contributed by atoms with Crippen LogP contribution in [0.1, 0.15) is 0 Å². The summed E-state index contributed by atoms with van der Waals surface area (Å²) in [5, 5.41) is 0. The molecule has 14 heavy (non-hydrogen) atoms. The lowest BCUT2D eigenvalue weighted by molar-refractivity contribution is 1.27. The maximum atomic E-state index is 4.25. The molecule has 0 fully saturated rings. The van der Waals surface area contributed by atoms with Crippen LogP contribution in [0, 0.1) is 0 Å². The van der Waals surface area contributed by atoms with Crippen LogP contribution in [0.2, 0.25) is 0 Å². The second kappa shape index (κ2) is 4.15. The minimum absolute atomic E-state index is 0.828. The molecule has 0 unspecified atom stereocenters. The molecule has 0 N–H and O–H groups in total. The minimum atomic E-state index is 0.828. The maximum Gasteiger partial charge on any atom is 0.105 e. The summed E-state index contributed by atoms with van der Waals surface area (Å²) in [5.41, 5.74) is 1.66. The Hall–Kier alpha value is 0.480. The van der Waals surface area contributed by atoms with Gasteiger partial charge < -0.3 is 0 Å². The predicted molar refractivity (Wildman–Crippen MR) is 70.3 cm³/mol. The van der Waals surface area contributed by atoms with Crippen LogP contribution >= 0.6 is 63.7 Å². The molecule has 0 aliphatic carbocycles. The normalized spacial score (nSPS) is 10.9. The van der Waals surface area contributed by atoms with E-state index in [9.17, 15) is 0 Å². The van der Waals surface area contributed by atoms with Crippen LogP contribution in [-0.2, 0) is 0 Å². The third-order valence-electron chi connectivity index (χ3n) is 1.69. The average Bonchev–Trinajstić information content (AvgIpc) is 2.23. The van der Waals surface area contributed by atoms with Crippen LogP contribution in [0.15, 0.2) is 30.3 Å². The Labute approximate surface area is 114 Å². The minimum Gasteiger partial charge on any atom is -0.252 e. The van der Waals surface area contributed by atoms with E-state index in [4.69, 9.17) is 0 Å². The van der Waals surface area contributed by atoms with Crippen molar-refractivity contribution in [3.8, 4) is 0 Å². The molecule has 72 valence electrons. The van der Waals surface area contributed by atoms with Gasteiger partial charge in [0.2, 0.25) is 0 Å². The van der Waals surface area contributed by atoms with Gasteiger partial charge >= 0.3 is 0 Å². The van der Waals surface area contributed by atoms with Crippen molar-refractivity contribution in [3.05, 3.63) is 30.3 Å². The van der Waals surface area contributed by atoms with Gasteiger partial charge in [-0.1, -0.05) is 0 Å². The van der Waals surface area contributed by atoms with E-state index in [1.165, 1.54) is 0 Å². The van der Waals surface area contributed by atoms with Crippen molar-refractivity contribution in [1.82, 2.24) is 9.97 Å². The molecule has 2 rings (SSSR count). The molecular weight excluding hydrogens is 444 g/mol. The molecular formula is C8H2Br4N2. The molecule has 0 aliphatic heterocycles. The van der Waals surface area contributed by atoms with Gasteiger partial charge in [-0.05, 0) is 63.7 Å². The van der Waals surface area contributed by atoms with Crippen molar-refractivity contribution in [1.29, 1.82) is 0 Å². The van der Waals surface area contributed by atoms with Gasteiger partial charge in [-0.25, -0.2) is 0 Å². The topological polar surface area (TPSA) is 25.8 Å². The third kappa shape index (κ3) is 1.66. The highest BCUT2D eigenvalue weighted by Gasteiger charge is 2.14. The monoisotopic (exact) mass is 442 g/mol. The van der Waals surface area contributed by atoms with Crippen molar-refractivity contribution in [2.45, 2.75) is 0 Å². The standard InChI is InChI=1S/C8H2Br4N2/c9-3-4(10)6(12)8-7(5(3)11)13-1-2-14-8/h1-2H. The SMILES string of the molecule is Brc1c(Br)c(Br)c2nccnc2c1Br. The molecule has 0 saturated heterocycles. The number of fused-ring (bicyclic) bond motifs is 1. The molecule has 0 aliphatic rings. The van der Waals surface area contributed by atoms with Gasteiger partial charge in [0.05, 0.1) is 8.95 Å². The highest BCUT2D eigenvalue weighted by molar-refractivity contribution is 9.15. The van der Waals surface area contributed by atoms with Gasteiger partial charge in [0.25, 0.3) is 0 Å². The molecule has 1 aromatic heterocycles. The zero-order chi connectivity index (χ0) is 10.3. The summed E-state index contributed by atoms with van der Waals surface area (Å²) in [4.78, 5) is 8.51. The summed E-state index contributed by atoms with van der Waals surface area (Å²) in [7, 11) is 0. The molecule has 0 amide bonds. The second-order valence-electron chi connectivity index (χ2n) is 2.51. The van der Waals surface area contributed by atoms with Crippen LogP contribution in [-0.4, -0.2) is 9.97 Å². The molecule has 2 aromatic rings. The first kappa shape index (κ1) is 11.0. The molecule has 0 bridgehead atoms. The number of halogens is 4. The van der Waals surface area contributed by atoms with Gasteiger partial charge in [-0.3, -0.25) is 9.97 Å². The van der Waals surface area contributed by atoms with Crippen LogP contribution in [0.5, 0.6) is 0 Å². The number of rotatable bonds is 0. The van der Waals surface area contributed by atoms with Crippen molar-refractivity contribution in [3.63, 3.8) is 0 Å². The first-order valence-corrected chi connectivity index (χ1v) is 6.72. The molecule has 1 aromatic carbocycles. The van der Waals surface area contributed by atoms with E-state index < -0.39 is 0 Å². The van der Waals surface area contributed by atoms with Gasteiger partial charge in [-0.2, -0.15) is 0 Å². The first-order valence-electron chi connectivity index (χ1n) is 3.55. The summed E-state index contributed by atoms with van der Waals surface area (Å²) in [6, 6.07) is 0. The number of hydrogen-bond acceptors (Lipinski definition) is 2. The average molecular weight is 446 g/mol. The molecule has 0 saturated carbocycles. The van der Waals surface area contributed by atoms with Gasteiger partial charge in [0.15, 0.2) is 0 Å². The Bertz CT molecular complexity index is 466. The van der Waals surface area contributed by atoms with Crippen LogP contribution in [0.4, 0.5) is 0 Å². The van der Waals surface area contributed by atoms with E-state index in [1.54, 1.807) is 12.4 Å². The van der Waals surface area contributed by atoms with Gasteiger partial charge in [0, 0.05) is 21.3 Å². The van der Waals surface area contributed by atoms with Crippen LogP contribution in [0.3, 0.4) is 0 Å². The molecule has 0 atom stereocenters. The number of aromatic nitrogens is 2. The summed E-state index contributed by atoms with van der Waals surface area (Å²) in [6.45, 7) is 0. The summed E-state index contributed by atoms with van der Waals surface area (Å²) in [6.07, 6.45) is 3.33. The third-order valence-corrected chi connectivity index (χ3v) is 6.42. The Morgan fingerprint density at radius 3 is 1.36 bits per heavy atom. The summed E-state index contributed by atoms with van der Waals surface area (Å²) in [5.74, 6) is 0. The Morgan fingerprint density at radius 1 is 0.643 bits per heavy atom. The van der Waals surface area contributed by atoms with Crippen LogP contribution < -0.4 is 0 Å². The van der Waals surface area contributed by atoms with Crippen molar-refractivity contribution in [2.24, 2.45) is 0 Å². The fourth-order valence-electron chi connectivity index (χ4n) is 1.06. The quantitative estimate of drug-likeness (QED) is 0.435. The summed E-state index contributed by atoms with van der Waals surface area (Å²) < 4.78 is 3.65. The van der Waals surface area contributed by atoms with Crippen molar-refractivity contribution in [2.75, 3.05) is 0 Å². The van der Waals surface area contributed by atoms with E-state index >= 15 is 0 Å². The number of hydrogen-bond donors (Lipinski definition) is 0. The molecule has 0 spiro atoms. The van der Waals surface area contributed by atoms with Crippen molar-refractivity contribution < 1.29 is 0 Å². The zero-order valence-electron chi connectivity index (χ0n) is 6.56. The highest BCUT2D eigenvalue weighted by Crippen LogP contribution is 2.41. The molecule has 2 nitrogen and oxygen atoms in total. The van der Waals surface area contributed by atoms with E-state index in [2.05, 4.69) is 73.7 Å². The Kier molecular flexibility index (Phi) is 3.26. The molecule has 0 radical (unpaired) electrons. The van der Waals surface area contributed by atoms with E-state index in [0.29, 0.717) is 0 Å². The van der Waals surface area contributed by atoms with Crippen LogP contribution in [0.25, 0.3) is 11.0 Å². The smallest absolute Gasteiger partial charge is 0.105 e.